The van der Waals surface area contributed by atoms with Gasteiger partial charge in [0.25, 0.3) is 0 Å². The Morgan fingerprint density at radius 3 is 2.34 bits per heavy atom. The molecule has 0 aliphatic carbocycles. The van der Waals surface area contributed by atoms with Crippen LogP contribution in [-0.4, -0.2) is 86.5 Å². The molecule has 2 heterocycles. The van der Waals surface area contributed by atoms with Gasteiger partial charge < -0.3 is 29.1 Å². The van der Waals surface area contributed by atoms with Crippen LogP contribution in [-0.2, 0) is 0 Å². The van der Waals surface area contributed by atoms with Crippen LogP contribution in [0.15, 0.2) is 48.7 Å². The molecule has 1 aliphatic rings. The molecule has 0 radical (unpaired) electrons. The molecule has 1 N–H and O–H groups in total. The SMILES string of the molecule is COc1cc2nccc(Oc3ccc(N(CCCN4CCN(C)CC4)C(=O)O)cc3)c2cc1OC. The van der Waals surface area contributed by atoms with E-state index in [-0.39, 0.29) is 0 Å². The second-order valence-electron chi connectivity index (χ2n) is 8.56. The van der Waals surface area contributed by atoms with E-state index in [1.807, 2.05) is 6.07 Å². The number of anilines is 1. The number of hydrogen-bond donors (Lipinski definition) is 1. The molecule has 0 saturated carbocycles. The fourth-order valence-corrected chi connectivity index (χ4v) is 4.22. The van der Waals surface area contributed by atoms with Crippen molar-refractivity contribution >= 4 is 22.7 Å². The van der Waals surface area contributed by atoms with Crippen LogP contribution < -0.4 is 19.1 Å². The molecule has 1 fully saturated rings. The van der Waals surface area contributed by atoms with Crippen molar-refractivity contribution in [1.29, 1.82) is 0 Å². The Balaban J connectivity index is 1.44. The summed E-state index contributed by atoms with van der Waals surface area (Å²) in [5, 5.41) is 10.5. The summed E-state index contributed by atoms with van der Waals surface area (Å²) in [5.41, 5.74) is 1.34. The van der Waals surface area contributed by atoms with Gasteiger partial charge >= 0.3 is 6.09 Å². The summed E-state index contributed by atoms with van der Waals surface area (Å²) >= 11 is 0. The van der Waals surface area contributed by atoms with E-state index >= 15 is 0 Å². The summed E-state index contributed by atoms with van der Waals surface area (Å²) < 4.78 is 16.9. The summed E-state index contributed by atoms with van der Waals surface area (Å²) in [6.07, 6.45) is 1.49. The molecule has 3 aromatic rings. The topological polar surface area (TPSA) is 87.6 Å². The number of carbonyl (C=O) groups is 1. The standard InChI is InChI=1S/C26H32N4O5/c1-28-13-15-29(16-14-28)11-4-12-30(26(31)32)19-5-7-20(8-6-19)35-23-9-10-27-22-18-25(34-3)24(33-2)17-21(22)23/h5-10,17-18H,4,11-16H2,1-3H3,(H,31,32). The maximum Gasteiger partial charge on any atom is 0.411 e. The fraction of sp³-hybridized carbons (Fsp3) is 0.385. The van der Waals surface area contributed by atoms with Gasteiger partial charge in [0.1, 0.15) is 11.5 Å². The molecular weight excluding hydrogens is 448 g/mol. The van der Waals surface area contributed by atoms with Crippen molar-refractivity contribution in [1.82, 2.24) is 14.8 Å². The Kier molecular flexibility index (Phi) is 7.89. The smallest absolute Gasteiger partial charge is 0.411 e. The molecule has 35 heavy (non-hydrogen) atoms. The van der Waals surface area contributed by atoms with Crippen LogP contribution in [0.1, 0.15) is 6.42 Å². The highest BCUT2D eigenvalue weighted by Crippen LogP contribution is 2.37. The van der Waals surface area contributed by atoms with E-state index in [0.29, 0.717) is 40.7 Å². The lowest BCUT2D eigenvalue weighted by atomic mass is 10.2. The third-order valence-corrected chi connectivity index (χ3v) is 6.27. The first kappa shape index (κ1) is 24.6. The predicted molar refractivity (Wildman–Crippen MR) is 135 cm³/mol. The van der Waals surface area contributed by atoms with Crippen molar-refractivity contribution < 1.29 is 24.1 Å². The van der Waals surface area contributed by atoms with E-state index < -0.39 is 6.09 Å². The number of piperazine rings is 1. The molecule has 4 rings (SSSR count). The Hall–Kier alpha value is -3.56. The normalized spacial score (nSPS) is 14.6. The zero-order chi connectivity index (χ0) is 24.8. The van der Waals surface area contributed by atoms with Crippen LogP contribution in [0.25, 0.3) is 10.9 Å². The summed E-state index contributed by atoms with van der Waals surface area (Å²) in [6.45, 7) is 5.49. The van der Waals surface area contributed by atoms with Gasteiger partial charge in [0, 0.05) is 56.1 Å². The van der Waals surface area contributed by atoms with Crippen LogP contribution in [0.5, 0.6) is 23.0 Å². The third kappa shape index (κ3) is 5.93. The van der Waals surface area contributed by atoms with Crippen LogP contribution in [0.2, 0.25) is 0 Å². The van der Waals surface area contributed by atoms with Gasteiger partial charge in [-0.15, -0.1) is 0 Å². The number of likely N-dealkylation sites (N-methyl/N-ethyl adjacent to an activating group) is 1. The van der Waals surface area contributed by atoms with Gasteiger partial charge in [0.15, 0.2) is 11.5 Å². The highest BCUT2D eigenvalue weighted by atomic mass is 16.5. The third-order valence-electron chi connectivity index (χ3n) is 6.27. The molecule has 1 amide bonds. The highest BCUT2D eigenvalue weighted by molar-refractivity contribution is 5.88. The van der Waals surface area contributed by atoms with E-state index in [0.717, 1.165) is 44.5 Å². The average Bonchev–Trinajstić information content (AvgIpc) is 2.87. The van der Waals surface area contributed by atoms with Crippen molar-refractivity contribution in [3.63, 3.8) is 0 Å². The molecule has 1 saturated heterocycles. The second kappa shape index (κ2) is 11.2. The minimum Gasteiger partial charge on any atom is -0.493 e. The number of aromatic nitrogens is 1. The van der Waals surface area contributed by atoms with E-state index in [9.17, 15) is 9.90 Å². The lowest BCUT2D eigenvalue weighted by Gasteiger charge is -2.32. The molecule has 9 heteroatoms. The van der Waals surface area contributed by atoms with Crippen LogP contribution in [0, 0.1) is 0 Å². The minimum absolute atomic E-state index is 0.443. The number of pyridine rings is 1. The first-order valence-corrected chi connectivity index (χ1v) is 11.7. The van der Waals surface area contributed by atoms with Gasteiger partial charge in [-0.1, -0.05) is 0 Å². The zero-order valence-corrected chi connectivity index (χ0v) is 20.4. The predicted octanol–water partition coefficient (Wildman–Crippen LogP) is 4.17. The molecule has 1 aromatic heterocycles. The number of nitrogens with zero attached hydrogens (tertiary/aromatic N) is 4. The molecule has 0 atom stereocenters. The summed E-state index contributed by atoms with van der Waals surface area (Å²) in [5.74, 6) is 2.39. The Labute approximate surface area is 205 Å². The van der Waals surface area contributed by atoms with E-state index in [1.54, 1.807) is 56.8 Å². The van der Waals surface area contributed by atoms with Crippen LogP contribution >= 0.6 is 0 Å². The van der Waals surface area contributed by atoms with Gasteiger partial charge in [-0.3, -0.25) is 9.88 Å². The largest absolute Gasteiger partial charge is 0.493 e. The minimum atomic E-state index is -0.960. The van der Waals surface area contributed by atoms with Crippen molar-refractivity contribution in [2.45, 2.75) is 6.42 Å². The first-order chi connectivity index (χ1) is 17.0. The van der Waals surface area contributed by atoms with Gasteiger partial charge in [0.05, 0.1) is 19.7 Å². The number of ether oxygens (including phenoxy) is 3. The molecule has 9 nitrogen and oxygen atoms in total. The maximum absolute atomic E-state index is 11.9. The molecule has 186 valence electrons. The molecule has 0 spiro atoms. The van der Waals surface area contributed by atoms with Crippen molar-refractivity contribution in [3.05, 3.63) is 48.7 Å². The molecular formula is C26H32N4O5. The second-order valence-corrected chi connectivity index (χ2v) is 8.56. The Morgan fingerprint density at radius 1 is 1.00 bits per heavy atom. The quantitative estimate of drug-likeness (QED) is 0.488. The Bertz CT molecular complexity index is 1150. The van der Waals surface area contributed by atoms with E-state index in [2.05, 4.69) is 21.8 Å². The highest BCUT2D eigenvalue weighted by Gasteiger charge is 2.17. The number of amides is 1. The Morgan fingerprint density at radius 2 is 1.69 bits per heavy atom. The van der Waals surface area contributed by atoms with Crippen LogP contribution in [0.4, 0.5) is 10.5 Å². The van der Waals surface area contributed by atoms with Crippen molar-refractivity contribution in [2.24, 2.45) is 0 Å². The number of rotatable bonds is 9. The number of methoxy groups -OCH3 is 2. The van der Waals surface area contributed by atoms with E-state index in [1.165, 1.54) is 4.90 Å². The summed E-state index contributed by atoms with van der Waals surface area (Å²) in [7, 11) is 5.29. The first-order valence-electron chi connectivity index (χ1n) is 11.7. The summed E-state index contributed by atoms with van der Waals surface area (Å²) in [4.78, 5) is 22.4. The van der Waals surface area contributed by atoms with Gasteiger partial charge in [-0.2, -0.15) is 0 Å². The average molecular weight is 481 g/mol. The van der Waals surface area contributed by atoms with Crippen LogP contribution in [0.3, 0.4) is 0 Å². The van der Waals surface area contributed by atoms with Crippen molar-refractivity contribution in [3.8, 4) is 23.0 Å². The zero-order valence-electron chi connectivity index (χ0n) is 20.4. The lowest BCUT2D eigenvalue weighted by Crippen LogP contribution is -2.45. The van der Waals surface area contributed by atoms with Crippen molar-refractivity contribution in [2.75, 3.05) is 65.4 Å². The number of hydrogen-bond acceptors (Lipinski definition) is 7. The molecule has 1 aliphatic heterocycles. The molecule has 0 bridgehead atoms. The van der Waals surface area contributed by atoms with Gasteiger partial charge in [-0.05, 0) is 56.4 Å². The maximum atomic E-state index is 11.9. The lowest BCUT2D eigenvalue weighted by molar-refractivity contribution is 0.153. The van der Waals surface area contributed by atoms with Gasteiger partial charge in [-0.25, -0.2) is 4.79 Å². The number of fused-ring (bicyclic) bond motifs is 1. The van der Waals surface area contributed by atoms with E-state index in [4.69, 9.17) is 14.2 Å². The fourth-order valence-electron chi connectivity index (χ4n) is 4.22. The number of benzene rings is 2. The molecule has 2 aromatic carbocycles. The number of carboxylic acid groups (broad SMARTS) is 1. The van der Waals surface area contributed by atoms with Gasteiger partial charge in [0.2, 0.25) is 0 Å². The molecule has 0 unspecified atom stereocenters. The monoisotopic (exact) mass is 480 g/mol. The summed E-state index contributed by atoms with van der Waals surface area (Å²) in [6, 6.07) is 12.5.